The Labute approximate surface area is 157 Å². The fourth-order valence-electron chi connectivity index (χ4n) is 3.74. The van der Waals surface area contributed by atoms with Crippen molar-refractivity contribution in [1.29, 1.82) is 0 Å². The van der Waals surface area contributed by atoms with Gasteiger partial charge in [-0.05, 0) is 12.5 Å². The molecule has 3 heterocycles. The fourth-order valence-corrected chi connectivity index (χ4v) is 3.74. The fraction of sp³-hybridized carbons (Fsp3) is 0.421. The minimum atomic E-state index is -0.314. The van der Waals surface area contributed by atoms with Gasteiger partial charge in [-0.1, -0.05) is 18.2 Å². The van der Waals surface area contributed by atoms with Crippen molar-refractivity contribution in [3.63, 3.8) is 0 Å². The Morgan fingerprint density at radius 2 is 1.89 bits per heavy atom. The van der Waals surface area contributed by atoms with E-state index in [-0.39, 0.29) is 24.4 Å². The quantitative estimate of drug-likeness (QED) is 0.840. The largest absolute Gasteiger partial charge is 0.360 e. The van der Waals surface area contributed by atoms with Gasteiger partial charge in [0.05, 0.1) is 12.1 Å². The van der Waals surface area contributed by atoms with Crippen molar-refractivity contribution >= 4 is 28.7 Å². The summed E-state index contributed by atoms with van der Waals surface area (Å²) in [5.41, 5.74) is 1.63. The Morgan fingerprint density at radius 3 is 2.70 bits per heavy atom. The number of benzene rings is 1. The number of aromatic nitrogens is 1. The zero-order chi connectivity index (χ0) is 18.8. The molecule has 142 valence electrons. The summed E-state index contributed by atoms with van der Waals surface area (Å²) < 4.78 is 0. The van der Waals surface area contributed by atoms with E-state index in [1.165, 1.54) is 4.90 Å². The minimum Gasteiger partial charge on any atom is -0.360 e. The predicted molar refractivity (Wildman–Crippen MR) is 100 cm³/mol. The lowest BCUT2D eigenvalue weighted by Crippen LogP contribution is -2.43. The zero-order valence-electron chi connectivity index (χ0n) is 15.1. The average Bonchev–Trinajstić information content (AvgIpc) is 3.22. The normalized spacial score (nSPS) is 18.6. The van der Waals surface area contributed by atoms with E-state index in [0.29, 0.717) is 38.3 Å². The lowest BCUT2D eigenvalue weighted by molar-refractivity contribution is -0.128. The van der Waals surface area contributed by atoms with Gasteiger partial charge in [-0.3, -0.25) is 19.4 Å². The van der Waals surface area contributed by atoms with E-state index in [1.54, 1.807) is 6.20 Å². The molecule has 8 nitrogen and oxygen atoms in total. The number of rotatable bonds is 3. The van der Waals surface area contributed by atoms with Crippen molar-refractivity contribution in [2.24, 2.45) is 0 Å². The average molecular weight is 369 g/mol. The molecule has 2 N–H and O–H groups in total. The Hall–Kier alpha value is -2.87. The molecule has 1 aromatic heterocycles. The summed E-state index contributed by atoms with van der Waals surface area (Å²) in [4.78, 5) is 45.2. The molecule has 2 aliphatic rings. The molecule has 0 unspecified atom stereocenters. The minimum absolute atomic E-state index is 0.0135. The van der Waals surface area contributed by atoms with Crippen LogP contribution in [0.25, 0.3) is 10.9 Å². The molecule has 0 atom stereocenters. The van der Waals surface area contributed by atoms with Crippen molar-refractivity contribution < 1.29 is 14.4 Å². The highest BCUT2D eigenvalue weighted by atomic mass is 16.2. The van der Waals surface area contributed by atoms with Gasteiger partial charge in [-0.15, -0.1) is 0 Å². The number of carbonyl (C=O) groups excluding carboxylic acids is 3. The lowest BCUT2D eigenvalue weighted by atomic mass is 10.1. The second-order valence-corrected chi connectivity index (χ2v) is 6.95. The summed E-state index contributed by atoms with van der Waals surface area (Å²) >= 11 is 0. The van der Waals surface area contributed by atoms with Gasteiger partial charge < -0.3 is 15.2 Å². The SMILES string of the molecule is O=C(c1c[nH]c2ccccc12)N1CCCN(CC(=O)N2CCNC2=O)CC1. The predicted octanol–water partition coefficient (Wildman–Crippen LogP) is 0.868. The van der Waals surface area contributed by atoms with Crippen LogP contribution < -0.4 is 5.32 Å². The summed E-state index contributed by atoms with van der Waals surface area (Å²) in [6, 6.07) is 7.46. The number of fused-ring (bicyclic) bond motifs is 1. The number of aromatic amines is 1. The highest BCUT2D eigenvalue weighted by Crippen LogP contribution is 2.20. The molecule has 4 rings (SSSR count). The van der Waals surface area contributed by atoms with Crippen molar-refractivity contribution in [2.45, 2.75) is 6.42 Å². The summed E-state index contributed by atoms with van der Waals surface area (Å²) in [6.45, 7) is 3.73. The topological polar surface area (TPSA) is 88.8 Å². The molecule has 2 fully saturated rings. The van der Waals surface area contributed by atoms with E-state index in [2.05, 4.69) is 10.3 Å². The van der Waals surface area contributed by atoms with E-state index >= 15 is 0 Å². The third kappa shape index (κ3) is 3.52. The van der Waals surface area contributed by atoms with Crippen molar-refractivity contribution in [3.05, 3.63) is 36.0 Å². The van der Waals surface area contributed by atoms with Crippen LogP contribution in [0.5, 0.6) is 0 Å². The maximum atomic E-state index is 13.0. The Balaban J connectivity index is 1.39. The summed E-state index contributed by atoms with van der Waals surface area (Å²) in [6.07, 6.45) is 2.57. The summed E-state index contributed by atoms with van der Waals surface area (Å²) in [5.74, 6) is -0.166. The highest BCUT2D eigenvalue weighted by Gasteiger charge is 2.28. The van der Waals surface area contributed by atoms with Gasteiger partial charge in [0.2, 0.25) is 5.91 Å². The number of para-hydroxylation sites is 1. The Morgan fingerprint density at radius 1 is 1.04 bits per heavy atom. The smallest absolute Gasteiger partial charge is 0.324 e. The maximum absolute atomic E-state index is 13.0. The molecular formula is C19H23N5O3. The molecule has 0 bridgehead atoms. The first-order valence-corrected chi connectivity index (χ1v) is 9.29. The number of nitrogens with one attached hydrogen (secondary N) is 2. The van der Waals surface area contributed by atoms with Crippen LogP contribution in [0.15, 0.2) is 30.5 Å². The number of amides is 4. The monoisotopic (exact) mass is 369 g/mol. The van der Waals surface area contributed by atoms with Gasteiger partial charge in [0.15, 0.2) is 0 Å². The van der Waals surface area contributed by atoms with Crippen LogP contribution in [0.2, 0.25) is 0 Å². The molecule has 1 aromatic carbocycles. The van der Waals surface area contributed by atoms with Gasteiger partial charge in [0.25, 0.3) is 5.91 Å². The first-order chi connectivity index (χ1) is 13.1. The zero-order valence-corrected chi connectivity index (χ0v) is 15.1. The molecule has 8 heteroatoms. The molecule has 0 radical (unpaired) electrons. The Bertz CT molecular complexity index is 877. The number of nitrogens with zero attached hydrogens (tertiary/aromatic N) is 3. The van der Waals surface area contributed by atoms with Crippen LogP contribution >= 0.6 is 0 Å². The van der Waals surface area contributed by atoms with Gasteiger partial charge in [0, 0.05) is 56.4 Å². The van der Waals surface area contributed by atoms with Crippen LogP contribution in [0.1, 0.15) is 16.8 Å². The lowest BCUT2D eigenvalue weighted by Gasteiger charge is -2.23. The highest BCUT2D eigenvalue weighted by molar-refractivity contribution is 6.06. The maximum Gasteiger partial charge on any atom is 0.324 e. The number of hydrogen-bond acceptors (Lipinski definition) is 4. The van der Waals surface area contributed by atoms with Crippen molar-refractivity contribution in [1.82, 2.24) is 25.0 Å². The third-order valence-corrected chi connectivity index (χ3v) is 5.21. The molecule has 27 heavy (non-hydrogen) atoms. The standard InChI is InChI=1S/C19H23N5O3/c25-17(24-9-6-20-19(24)27)13-22-7-3-8-23(11-10-22)18(26)15-12-21-16-5-2-1-4-14(15)16/h1-2,4-5,12,21H,3,6-11,13H2,(H,20,27). The number of H-pyrrole nitrogens is 1. The number of urea groups is 1. The molecule has 0 aliphatic carbocycles. The first-order valence-electron chi connectivity index (χ1n) is 9.29. The van der Waals surface area contributed by atoms with Crippen molar-refractivity contribution in [3.8, 4) is 0 Å². The molecule has 4 amide bonds. The second kappa shape index (κ2) is 7.40. The van der Waals surface area contributed by atoms with Crippen LogP contribution in [0.4, 0.5) is 4.79 Å². The van der Waals surface area contributed by atoms with Gasteiger partial charge >= 0.3 is 6.03 Å². The Kier molecular flexibility index (Phi) is 4.81. The van der Waals surface area contributed by atoms with Crippen LogP contribution in [0, 0.1) is 0 Å². The van der Waals surface area contributed by atoms with Gasteiger partial charge in [0.1, 0.15) is 0 Å². The second-order valence-electron chi connectivity index (χ2n) is 6.95. The molecule has 2 aromatic rings. The van der Waals surface area contributed by atoms with E-state index in [0.717, 1.165) is 23.9 Å². The number of hydrogen-bond donors (Lipinski definition) is 2. The third-order valence-electron chi connectivity index (χ3n) is 5.21. The van der Waals surface area contributed by atoms with Crippen LogP contribution in [-0.4, -0.2) is 83.3 Å². The molecule has 2 aliphatic heterocycles. The molecule has 2 saturated heterocycles. The molecular weight excluding hydrogens is 346 g/mol. The number of imide groups is 1. The first kappa shape index (κ1) is 17.5. The molecule has 0 spiro atoms. The van der Waals surface area contributed by atoms with E-state index in [9.17, 15) is 14.4 Å². The summed E-state index contributed by atoms with van der Waals surface area (Å²) in [5, 5.41) is 3.57. The van der Waals surface area contributed by atoms with E-state index in [4.69, 9.17) is 0 Å². The van der Waals surface area contributed by atoms with E-state index < -0.39 is 0 Å². The van der Waals surface area contributed by atoms with Gasteiger partial charge in [-0.2, -0.15) is 0 Å². The number of carbonyl (C=O) groups is 3. The summed E-state index contributed by atoms with van der Waals surface area (Å²) in [7, 11) is 0. The van der Waals surface area contributed by atoms with E-state index in [1.807, 2.05) is 34.1 Å². The van der Waals surface area contributed by atoms with Crippen LogP contribution in [-0.2, 0) is 4.79 Å². The van der Waals surface area contributed by atoms with Gasteiger partial charge in [-0.25, -0.2) is 4.79 Å². The molecule has 0 saturated carbocycles. The van der Waals surface area contributed by atoms with Crippen molar-refractivity contribution in [2.75, 3.05) is 45.8 Å². The van der Waals surface area contributed by atoms with Crippen LogP contribution in [0.3, 0.4) is 0 Å².